The maximum Gasteiger partial charge on any atom is 0.102 e. The maximum atomic E-state index is 9.15. The van der Waals surface area contributed by atoms with Gasteiger partial charge in [0.2, 0.25) is 0 Å². The van der Waals surface area contributed by atoms with Crippen LogP contribution in [-0.2, 0) is 0 Å². The summed E-state index contributed by atoms with van der Waals surface area (Å²) in [7, 11) is 0. The van der Waals surface area contributed by atoms with Crippen LogP contribution in [0, 0.1) is 17.8 Å². The average Bonchev–Trinajstić information content (AvgIpc) is 2.52. The van der Waals surface area contributed by atoms with Crippen molar-refractivity contribution >= 4 is 0 Å². The Labute approximate surface area is 148 Å². The van der Waals surface area contributed by atoms with Crippen molar-refractivity contribution in [2.75, 3.05) is 6.54 Å². The molecule has 0 aromatic rings. The third-order valence-corrected chi connectivity index (χ3v) is 4.69. The highest BCUT2D eigenvalue weighted by atomic mass is 16.3. The minimum Gasteiger partial charge on any atom is -0.511 e. The van der Waals surface area contributed by atoms with Gasteiger partial charge in [-0.05, 0) is 51.4 Å². The highest BCUT2D eigenvalue weighted by molar-refractivity contribution is 5.04. The molecule has 1 aliphatic rings. The molecule has 0 fully saturated rings. The van der Waals surface area contributed by atoms with Gasteiger partial charge in [0.15, 0.2) is 0 Å². The smallest absolute Gasteiger partial charge is 0.102 e. The van der Waals surface area contributed by atoms with Crippen LogP contribution in [0.15, 0.2) is 24.6 Å². The first-order chi connectivity index (χ1) is 11.6. The zero-order valence-corrected chi connectivity index (χ0v) is 15.3. The summed E-state index contributed by atoms with van der Waals surface area (Å²) < 4.78 is 0. The molecule has 1 rings (SSSR count). The summed E-state index contributed by atoms with van der Waals surface area (Å²) in [6.45, 7) is 8.50. The third kappa shape index (κ3) is 10.4. The van der Waals surface area contributed by atoms with Crippen molar-refractivity contribution in [3.05, 3.63) is 24.6 Å². The summed E-state index contributed by atoms with van der Waals surface area (Å²) in [6.07, 6.45) is 13.9. The van der Waals surface area contributed by atoms with Crippen molar-refractivity contribution in [3.8, 4) is 11.8 Å². The van der Waals surface area contributed by atoms with Gasteiger partial charge in [0.1, 0.15) is 5.76 Å². The molecule has 3 heteroatoms. The first-order valence-electron chi connectivity index (χ1n) is 9.63. The second-order valence-corrected chi connectivity index (χ2v) is 6.99. The summed E-state index contributed by atoms with van der Waals surface area (Å²) in [5.41, 5.74) is 6.86. The Hall–Kier alpha value is -1.40. The standard InChI is InChI=1S/C21H36N2O/c1-18(23-17-11-10-16-21(22)19(2)24)12-8-9-15-20-13-6-4-3-5-7-14-20/h20-21,23-24H,1-6,8-13,15-17,22H2. The van der Waals surface area contributed by atoms with Gasteiger partial charge >= 0.3 is 0 Å². The lowest BCUT2D eigenvalue weighted by Gasteiger charge is -2.13. The van der Waals surface area contributed by atoms with Gasteiger partial charge in [-0.2, -0.15) is 0 Å². The van der Waals surface area contributed by atoms with Gasteiger partial charge in [-0.1, -0.05) is 38.3 Å². The normalized spacial score (nSPS) is 18.6. The lowest BCUT2D eigenvalue weighted by molar-refractivity contribution is 0.358. The van der Waals surface area contributed by atoms with Crippen LogP contribution in [0.2, 0.25) is 0 Å². The van der Waals surface area contributed by atoms with E-state index in [0.717, 1.165) is 44.3 Å². The van der Waals surface area contributed by atoms with Crippen molar-refractivity contribution in [3.63, 3.8) is 0 Å². The zero-order valence-electron chi connectivity index (χ0n) is 15.3. The van der Waals surface area contributed by atoms with Gasteiger partial charge in [-0.15, -0.1) is 5.92 Å². The molecule has 0 spiro atoms. The number of nitrogens with one attached hydrogen (secondary N) is 1. The van der Waals surface area contributed by atoms with E-state index in [4.69, 9.17) is 10.8 Å². The number of aliphatic hydroxyl groups is 1. The molecule has 136 valence electrons. The number of nitrogens with two attached hydrogens (primary N) is 1. The first kappa shape index (κ1) is 20.6. The van der Waals surface area contributed by atoms with Crippen LogP contribution in [0.3, 0.4) is 0 Å². The Balaban J connectivity index is 1.98. The monoisotopic (exact) mass is 332 g/mol. The molecule has 0 aromatic heterocycles. The average molecular weight is 333 g/mol. The van der Waals surface area contributed by atoms with Crippen LogP contribution < -0.4 is 11.1 Å². The molecule has 2 unspecified atom stereocenters. The van der Waals surface area contributed by atoms with E-state index < -0.39 is 0 Å². The van der Waals surface area contributed by atoms with Gasteiger partial charge in [-0.25, -0.2) is 0 Å². The Morgan fingerprint density at radius 2 is 2.00 bits per heavy atom. The van der Waals surface area contributed by atoms with E-state index >= 15 is 0 Å². The van der Waals surface area contributed by atoms with E-state index in [1.807, 2.05) is 0 Å². The van der Waals surface area contributed by atoms with Crippen LogP contribution in [0.25, 0.3) is 0 Å². The number of rotatable bonds is 12. The number of allylic oxidation sites excluding steroid dienone is 1. The maximum absolute atomic E-state index is 9.15. The predicted octanol–water partition coefficient (Wildman–Crippen LogP) is 4.80. The molecule has 0 heterocycles. The summed E-state index contributed by atoms with van der Waals surface area (Å²) in [5.74, 6) is 7.49. The van der Waals surface area contributed by atoms with E-state index in [0.29, 0.717) is 5.92 Å². The van der Waals surface area contributed by atoms with Crippen LogP contribution in [0.5, 0.6) is 0 Å². The van der Waals surface area contributed by atoms with Gasteiger partial charge in [0.05, 0.1) is 6.04 Å². The zero-order chi connectivity index (χ0) is 17.6. The van der Waals surface area contributed by atoms with E-state index in [-0.39, 0.29) is 11.8 Å². The lowest BCUT2D eigenvalue weighted by Crippen LogP contribution is -2.22. The molecule has 0 bridgehead atoms. The number of unbranched alkanes of at least 4 members (excludes halogenated alkanes) is 2. The highest BCUT2D eigenvalue weighted by Gasteiger charge is 2.07. The lowest BCUT2D eigenvalue weighted by atomic mass is 9.93. The minimum absolute atomic E-state index is 0.0846. The number of hydrogen-bond donors (Lipinski definition) is 3. The third-order valence-electron chi connectivity index (χ3n) is 4.69. The fraction of sp³-hybridized carbons (Fsp3) is 0.714. The second kappa shape index (κ2) is 13.0. The second-order valence-electron chi connectivity index (χ2n) is 6.99. The molecule has 0 aliphatic heterocycles. The van der Waals surface area contributed by atoms with Crippen molar-refractivity contribution in [1.82, 2.24) is 5.32 Å². The number of hydrogen-bond acceptors (Lipinski definition) is 3. The first-order valence-corrected chi connectivity index (χ1v) is 9.63. The Bertz CT molecular complexity index is 433. The molecular weight excluding hydrogens is 296 g/mol. The minimum atomic E-state index is -0.287. The van der Waals surface area contributed by atoms with Crippen molar-refractivity contribution in [1.29, 1.82) is 0 Å². The predicted molar refractivity (Wildman–Crippen MR) is 104 cm³/mol. The van der Waals surface area contributed by atoms with Crippen molar-refractivity contribution in [2.45, 2.75) is 83.1 Å². The van der Waals surface area contributed by atoms with Crippen LogP contribution in [-0.4, -0.2) is 17.7 Å². The largest absolute Gasteiger partial charge is 0.511 e. The van der Waals surface area contributed by atoms with Gasteiger partial charge in [-0.3, -0.25) is 0 Å². The van der Waals surface area contributed by atoms with Crippen molar-refractivity contribution < 1.29 is 5.11 Å². The molecule has 4 N–H and O–H groups in total. The molecule has 0 aromatic carbocycles. The fourth-order valence-electron chi connectivity index (χ4n) is 3.02. The van der Waals surface area contributed by atoms with Crippen LogP contribution in [0.4, 0.5) is 0 Å². The topological polar surface area (TPSA) is 58.3 Å². The Kier molecular flexibility index (Phi) is 11.1. The van der Waals surface area contributed by atoms with E-state index in [1.54, 1.807) is 0 Å². The van der Waals surface area contributed by atoms with Crippen LogP contribution >= 0.6 is 0 Å². The van der Waals surface area contributed by atoms with Gasteiger partial charge in [0.25, 0.3) is 0 Å². The quantitative estimate of drug-likeness (QED) is 0.273. The molecule has 0 saturated heterocycles. The SMILES string of the molecule is C=C(CCCCC1C#CCCCCC1)NCCCCC(N)C(=C)O. The van der Waals surface area contributed by atoms with Gasteiger partial charge < -0.3 is 16.2 Å². The molecule has 2 atom stereocenters. The summed E-state index contributed by atoms with van der Waals surface area (Å²) in [4.78, 5) is 0. The fourth-order valence-corrected chi connectivity index (χ4v) is 3.02. The van der Waals surface area contributed by atoms with Gasteiger partial charge in [0, 0.05) is 24.6 Å². The molecule has 3 nitrogen and oxygen atoms in total. The van der Waals surface area contributed by atoms with E-state index in [2.05, 4.69) is 30.3 Å². The molecule has 0 saturated carbocycles. The van der Waals surface area contributed by atoms with E-state index in [1.165, 1.54) is 44.9 Å². The summed E-state index contributed by atoms with van der Waals surface area (Å²) >= 11 is 0. The Morgan fingerprint density at radius 3 is 2.79 bits per heavy atom. The van der Waals surface area contributed by atoms with Crippen molar-refractivity contribution in [2.24, 2.45) is 11.7 Å². The summed E-state index contributed by atoms with van der Waals surface area (Å²) in [5, 5.41) is 12.5. The highest BCUT2D eigenvalue weighted by Crippen LogP contribution is 2.19. The number of aliphatic hydroxyl groups excluding tert-OH is 1. The molecule has 0 radical (unpaired) electrons. The molecular formula is C21H36N2O. The van der Waals surface area contributed by atoms with E-state index in [9.17, 15) is 0 Å². The molecule has 24 heavy (non-hydrogen) atoms. The molecule has 1 aliphatic carbocycles. The summed E-state index contributed by atoms with van der Waals surface area (Å²) in [6, 6.07) is -0.287. The van der Waals surface area contributed by atoms with Crippen LogP contribution in [0.1, 0.15) is 77.0 Å². The molecule has 0 amide bonds. The Morgan fingerprint density at radius 1 is 1.17 bits per heavy atom.